The average molecular weight is 326 g/mol. The van der Waals surface area contributed by atoms with Crippen LogP contribution in [0.4, 0.5) is 13.2 Å². The Hall–Kier alpha value is -1.08. The normalized spacial score (nSPS) is 13.2. The lowest BCUT2D eigenvalue weighted by Crippen LogP contribution is -2.42. The van der Waals surface area contributed by atoms with Crippen LogP contribution in [-0.2, 0) is 9.53 Å². The summed E-state index contributed by atoms with van der Waals surface area (Å²) in [5.41, 5.74) is 5.13. The van der Waals surface area contributed by atoms with E-state index in [-0.39, 0.29) is 16.6 Å². The molecule has 0 aliphatic carbocycles. The first-order valence-corrected chi connectivity index (χ1v) is 5.85. The van der Waals surface area contributed by atoms with E-state index in [1.165, 1.54) is 13.0 Å². The second-order valence-electron chi connectivity index (χ2n) is 3.49. The number of hydrogen-bond donors (Lipinski definition) is 1. The monoisotopic (exact) mass is 325 g/mol. The smallest absolute Gasteiger partial charge is 0.379 e. The van der Waals surface area contributed by atoms with Gasteiger partial charge < -0.3 is 10.5 Å². The first-order valence-electron chi connectivity index (χ1n) is 5.06. The number of benzene rings is 1. The molecule has 1 aromatic rings. The third kappa shape index (κ3) is 3.02. The van der Waals surface area contributed by atoms with Gasteiger partial charge in [0.2, 0.25) is 0 Å². The van der Waals surface area contributed by atoms with Crippen molar-refractivity contribution in [2.75, 3.05) is 6.61 Å². The highest BCUT2D eigenvalue weighted by Crippen LogP contribution is 2.34. The summed E-state index contributed by atoms with van der Waals surface area (Å²) in [7, 11) is 0. The Balaban J connectivity index is 3.08. The van der Waals surface area contributed by atoms with Crippen LogP contribution < -0.4 is 5.73 Å². The van der Waals surface area contributed by atoms with Crippen molar-refractivity contribution < 1.29 is 22.7 Å². The molecule has 0 aliphatic heterocycles. The molecule has 0 bridgehead atoms. The lowest BCUT2D eigenvalue weighted by molar-refractivity contribution is -0.174. The van der Waals surface area contributed by atoms with E-state index in [2.05, 4.69) is 20.7 Å². The Labute approximate surface area is 110 Å². The summed E-state index contributed by atoms with van der Waals surface area (Å²) in [6.45, 7) is 1.21. The largest absolute Gasteiger partial charge is 0.462 e. The Morgan fingerprint density at radius 3 is 2.72 bits per heavy atom. The summed E-state index contributed by atoms with van der Waals surface area (Å²) < 4.78 is 44.7. The van der Waals surface area contributed by atoms with Gasteiger partial charge in [-0.1, -0.05) is 15.9 Å². The number of alkyl halides is 2. The fourth-order valence-electron chi connectivity index (χ4n) is 1.30. The second-order valence-corrected chi connectivity index (χ2v) is 4.34. The molecular formula is C11H11BrF3NO2. The van der Waals surface area contributed by atoms with Crippen LogP contribution in [0.2, 0.25) is 0 Å². The topological polar surface area (TPSA) is 52.3 Å². The quantitative estimate of drug-likeness (QED) is 0.866. The maximum absolute atomic E-state index is 13.7. The van der Waals surface area contributed by atoms with Gasteiger partial charge in [-0.15, -0.1) is 0 Å². The molecule has 7 heteroatoms. The number of carbonyl (C=O) groups is 1. The van der Waals surface area contributed by atoms with Crippen LogP contribution in [0.5, 0.6) is 0 Å². The molecule has 1 atom stereocenters. The molecule has 18 heavy (non-hydrogen) atoms. The minimum atomic E-state index is -3.92. The maximum atomic E-state index is 13.7. The SMILES string of the molecule is CCOC(=O)C(F)(F)[C@@H](N)c1cc(F)ccc1Br. The Bertz CT molecular complexity index is 454. The summed E-state index contributed by atoms with van der Waals surface area (Å²) >= 11 is 2.98. The molecule has 0 unspecified atom stereocenters. The number of hydrogen-bond acceptors (Lipinski definition) is 3. The van der Waals surface area contributed by atoms with E-state index in [4.69, 9.17) is 5.73 Å². The number of rotatable bonds is 4. The molecule has 2 N–H and O–H groups in total. The van der Waals surface area contributed by atoms with E-state index in [0.717, 1.165) is 12.1 Å². The van der Waals surface area contributed by atoms with Gasteiger partial charge in [0.15, 0.2) is 0 Å². The highest BCUT2D eigenvalue weighted by Gasteiger charge is 2.48. The fraction of sp³-hybridized carbons (Fsp3) is 0.364. The molecular weight excluding hydrogens is 315 g/mol. The minimum absolute atomic E-state index is 0.189. The van der Waals surface area contributed by atoms with Gasteiger partial charge in [-0.25, -0.2) is 9.18 Å². The molecule has 0 saturated carbocycles. The van der Waals surface area contributed by atoms with E-state index in [1.54, 1.807) is 0 Å². The van der Waals surface area contributed by atoms with Crippen molar-refractivity contribution in [1.82, 2.24) is 0 Å². The van der Waals surface area contributed by atoms with Gasteiger partial charge in [-0.3, -0.25) is 0 Å². The number of nitrogens with two attached hydrogens (primary N) is 1. The number of ether oxygens (including phenoxy) is 1. The van der Waals surface area contributed by atoms with E-state index < -0.39 is 23.8 Å². The van der Waals surface area contributed by atoms with Crippen LogP contribution in [0.3, 0.4) is 0 Å². The second kappa shape index (κ2) is 5.71. The molecule has 1 rings (SSSR count). The number of esters is 1. The van der Waals surface area contributed by atoms with Crippen molar-refractivity contribution in [3.63, 3.8) is 0 Å². The first kappa shape index (κ1) is 15.0. The molecule has 100 valence electrons. The summed E-state index contributed by atoms with van der Waals surface area (Å²) in [6, 6.07) is 1.19. The molecule has 0 fully saturated rings. The van der Waals surface area contributed by atoms with Crippen molar-refractivity contribution in [1.29, 1.82) is 0 Å². The number of carbonyl (C=O) groups excluding carboxylic acids is 1. The molecule has 0 aliphatic rings. The van der Waals surface area contributed by atoms with Crippen molar-refractivity contribution in [3.05, 3.63) is 34.1 Å². The molecule has 0 spiro atoms. The van der Waals surface area contributed by atoms with E-state index >= 15 is 0 Å². The molecule has 0 aromatic heterocycles. The van der Waals surface area contributed by atoms with Crippen LogP contribution in [0.25, 0.3) is 0 Å². The average Bonchev–Trinajstić information content (AvgIpc) is 2.31. The molecule has 1 aromatic carbocycles. The predicted octanol–water partition coefficient (Wildman–Crippen LogP) is 2.79. The zero-order valence-electron chi connectivity index (χ0n) is 9.42. The van der Waals surface area contributed by atoms with Crippen LogP contribution in [0.1, 0.15) is 18.5 Å². The Morgan fingerprint density at radius 1 is 1.56 bits per heavy atom. The highest BCUT2D eigenvalue weighted by atomic mass is 79.9. The maximum Gasteiger partial charge on any atom is 0.379 e. The zero-order chi connectivity index (χ0) is 13.9. The van der Waals surface area contributed by atoms with Gasteiger partial charge in [0.05, 0.1) is 6.61 Å². The summed E-state index contributed by atoms with van der Waals surface area (Å²) in [4.78, 5) is 11.1. The van der Waals surface area contributed by atoms with Crippen molar-refractivity contribution in [2.45, 2.75) is 18.9 Å². The lowest BCUT2D eigenvalue weighted by Gasteiger charge is -2.22. The molecule has 0 amide bonds. The van der Waals surface area contributed by atoms with Crippen molar-refractivity contribution >= 4 is 21.9 Å². The van der Waals surface area contributed by atoms with E-state index in [9.17, 15) is 18.0 Å². The van der Waals surface area contributed by atoms with E-state index in [1.807, 2.05) is 0 Å². The highest BCUT2D eigenvalue weighted by molar-refractivity contribution is 9.10. The van der Waals surface area contributed by atoms with Gasteiger partial charge >= 0.3 is 11.9 Å². The van der Waals surface area contributed by atoms with Crippen molar-refractivity contribution in [3.8, 4) is 0 Å². The molecule has 0 saturated heterocycles. The van der Waals surface area contributed by atoms with Crippen LogP contribution >= 0.6 is 15.9 Å². The van der Waals surface area contributed by atoms with Gasteiger partial charge in [0, 0.05) is 4.47 Å². The van der Waals surface area contributed by atoms with E-state index in [0.29, 0.717) is 0 Å². The first-order chi connectivity index (χ1) is 8.30. The standard InChI is InChI=1S/C11H11BrF3NO2/c1-2-18-10(17)11(14,15)9(16)7-5-6(13)3-4-8(7)12/h3-5,9H,2,16H2,1H3/t9-/m0/s1. The Morgan fingerprint density at radius 2 is 2.17 bits per heavy atom. The van der Waals surface area contributed by atoms with Crippen LogP contribution in [-0.4, -0.2) is 18.5 Å². The third-order valence-electron chi connectivity index (χ3n) is 2.23. The van der Waals surface area contributed by atoms with Crippen LogP contribution in [0, 0.1) is 5.82 Å². The molecule has 0 radical (unpaired) electrons. The van der Waals surface area contributed by atoms with Gasteiger partial charge in [0.1, 0.15) is 11.9 Å². The fourth-order valence-corrected chi connectivity index (χ4v) is 1.80. The minimum Gasteiger partial charge on any atom is -0.462 e. The predicted molar refractivity (Wildman–Crippen MR) is 62.6 cm³/mol. The summed E-state index contributed by atoms with van der Waals surface area (Å²) in [5.74, 6) is -6.37. The summed E-state index contributed by atoms with van der Waals surface area (Å²) in [5, 5.41) is 0. The van der Waals surface area contributed by atoms with Gasteiger partial charge in [-0.05, 0) is 30.7 Å². The van der Waals surface area contributed by atoms with Gasteiger partial charge in [0.25, 0.3) is 0 Å². The lowest BCUT2D eigenvalue weighted by atomic mass is 10.0. The summed E-state index contributed by atoms with van der Waals surface area (Å²) in [6.07, 6.45) is 0. The molecule has 0 heterocycles. The number of halogens is 4. The van der Waals surface area contributed by atoms with Crippen LogP contribution in [0.15, 0.2) is 22.7 Å². The van der Waals surface area contributed by atoms with Crippen molar-refractivity contribution in [2.24, 2.45) is 5.73 Å². The Kier molecular flexibility index (Phi) is 4.75. The molecule has 3 nitrogen and oxygen atoms in total. The third-order valence-corrected chi connectivity index (χ3v) is 2.95. The van der Waals surface area contributed by atoms with Gasteiger partial charge in [-0.2, -0.15) is 8.78 Å². The zero-order valence-corrected chi connectivity index (χ0v) is 11.0.